The second kappa shape index (κ2) is 5.19. The number of ether oxygens (including phenoxy) is 1. The first-order valence-electron chi connectivity index (χ1n) is 5.41. The summed E-state index contributed by atoms with van der Waals surface area (Å²) in [5, 5.41) is 10.8. The summed E-state index contributed by atoms with van der Waals surface area (Å²) in [7, 11) is 0. The minimum atomic E-state index is -0.446. The van der Waals surface area contributed by atoms with E-state index in [1.165, 1.54) is 12.1 Å². The second-order valence-electron chi connectivity index (χ2n) is 3.85. The molecule has 0 radical (unpaired) electrons. The Morgan fingerprint density at radius 3 is 2.56 bits per heavy atom. The largest absolute Gasteiger partial charge is 0.489 e. The van der Waals surface area contributed by atoms with E-state index in [-0.39, 0.29) is 12.3 Å². The van der Waals surface area contributed by atoms with E-state index in [9.17, 15) is 10.1 Å². The van der Waals surface area contributed by atoms with Crippen molar-refractivity contribution in [2.45, 2.75) is 13.5 Å². The number of hydrogen-bond acceptors (Lipinski definition) is 3. The van der Waals surface area contributed by atoms with Gasteiger partial charge in [0.25, 0.3) is 5.69 Å². The van der Waals surface area contributed by atoms with Gasteiger partial charge in [-0.05, 0) is 19.1 Å². The lowest BCUT2D eigenvalue weighted by molar-refractivity contribution is -0.385. The fourth-order valence-corrected chi connectivity index (χ4v) is 1.49. The number of hydrogen-bond donors (Lipinski definition) is 0. The molecule has 0 unspecified atom stereocenters. The van der Waals surface area contributed by atoms with Gasteiger partial charge in [-0.25, -0.2) is 0 Å². The number of benzene rings is 1. The van der Waals surface area contributed by atoms with E-state index in [1.807, 2.05) is 31.2 Å². The van der Waals surface area contributed by atoms with Crippen molar-refractivity contribution >= 4 is 5.69 Å². The lowest BCUT2D eigenvalue weighted by atomic mass is 10.2. The highest BCUT2D eigenvalue weighted by atomic mass is 16.6. The first kappa shape index (κ1) is 11.9. The molecule has 18 heavy (non-hydrogen) atoms. The third-order valence-electron chi connectivity index (χ3n) is 2.48. The molecule has 0 saturated heterocycles. The molecule has 2 aromatic rings. The van der Waals surface area contributed by atoms with Crippen molar-refractivity contribution in [3.63, 3.8) is 0 Å². The van der Waals surface area contributed by atoms with Gasteiger partial charge in [-0.1, -0.05) is 29.8 Å². The monoisotopic (exact) mass is 241 g/mol. The Morgan fingerprint density at radius 1 is 1.22 bits per heavy atom. The molecular weight excluding hydrogens is 230 g/mol. The molecule has 2 rings (SSSR count). The average molecular weight is 241 g/mol. The summed E-state index contributed by atoms with van der Waals surface area (Å²) in [5.74, 6) is 0.683. The quantitative estimate of drug-likeness (QED) is 0.610. The van der Waals surface area contributed by atoms with Crippen molar-refractivity contribution < 1.29 is 9.66 Å². The molecule has 0 N–H and O–H groups in total. The van der Waals surface area contributed by atoms with Crippen LogP contribution < -0.4 is 4.74 Å². The van der Waals surface area contributed by atoms with Crippen molar-refractivity contribution in [1.29, 1.82) is 0 Å². The number of nitro groups is 1. The van der Waals surface area contributed by atoms with Crippen LogP contribution in [0.3, 0.4) is 0 Å². The molecule has 0 aliphatic heterocycles. The Labute approximate surface area is 105 Å². The SMILES string of the molecule is Cc1ccc(OCc2cc#ccc2[N+](=O)[O-])cc1. The Hall–Kier alpha value is -2.54. The van der Waals surface area contributed by atoms with Crippen LogP contribution in [0.5, 0.6) is 5.75 Å². The van der Waals surface area contributed by atoms with Gasteiger partial charge < -0.3 is 4.74 Å². The van der Waals surface area contributed by atoms with Crippen molar-refractivity contribution in [1.82, 2.24) is 0 Å². The van der Waals surface area contributed by atoms with E-state index in [4.69, 9.17) is 4.74 Å². The van der Waals surface area contributed by atoms with Crippen molar-refractivity contribution in [2.24, 2.45) is 0 Å². The van der Waals surface area contributed by atoms with Crippen molar-refractivity contribution in [3.05, 3.63) is 69.8 Å². The molecule has 0 saturated carbocycles. The van der Waals surface area contributed by atoms with Crippen LogP contribution in [0.15, 0.2) is 36.4 Å². The van der Waals surface area contributed by atoms with Gasteiger partial charge in [-0.2, -0.15) is 0 Å². The average Bonchev–Trinajstić information content (AvgIpc) is 2.38. The van der Waals surface area contributed by atoms with E-state index in [0.29, 0.717) is 11.3 Å². The fraction of sp³-hybridized carbons (Fsp3) is 0.143. The minimum absolute atomic E-state index is 0.000798. The number of aryl methyl sites for hydroxylation is 1. The molecule has 0 spiro atoms. The molecule has 90 valence electrons. The third kappa shape index (κ3) is 2.77. The maximum absolute atomic E-state index is 10.8. The zero-order chi connectivity index (χ0) is 13.0. The van der Waals surface area contributed by atoms with E-state index >= 15 is 0 Å². The molecule has 0 aromatic heterocycles. The van der Waals surface area contributed by atoms with Crippen LogP contribution in [-0.4, -0.2) is 4.92 Å². The lowest BCUT2D eigenvalue weighted by Crippen LogP contribution is -1.99. The predicted molar refractivity (Wildman–Crippen MR) is 66.3 cm³/mol. The van der Waals surface area contributed by atoms with Gasteiger partial charge in [0, 0.05) is 6.07 Å². The van der Waals surface area contributed by atoms with Crippen molar-refractivity contribution in [3.8, 4) is 5.75 Å². The van der Waals surface area contributed by atoms with E-state index in [1.54, 1.807) is 0 Å². The lowest BCUT2D eigenvalue weighted by Gasteiger charge is -2.06. The summed E-state index contributed by atoms with van der Waals surface area (Å²) in [6.45, 7) is 2.13. The zero-order valence-electron chi connectivity index (χ0n) is 9.84. The van der Waals surface area contributed by atoms with Gasteiger partial charge in [0.2, 0.25) is 0 Å². The van der Waals surface area contributed by atoms with E-state index in [2.05, 4.69) is 12.1 Å². The van der Waals surface area contributed by atoms with Gasteiger partial charge >= 0.3 is 0 Å². The molecule has 2 aromatic carbocycles. The number of nitrogens with zero attached hydrogens (tertiary/aromatic N) is 1. The van der Waals surface area contributed by atoms with Gasteiger partial charge in [0.1, 0.15) is 12.4 Å². The van der Waals surface area contributed by atoms with Crippen LogP contribution in [-0.2, 0) is 6.61 Å². The summed E-state index contributed by atoms with van der Waals surface area (Å²) < 4.78 is 5.50. The first-order valence-corrected chi connectivity index (χ1v) is 5.41. The first-order chi connectivity index (χ1) is 8.66. The maximum Gasteiger partial charge on any atom is 0.284 e. The summed E-state index contributed by atoms with van der Waals surface area (Å²) in [6.07, 6.45) is 0. The van der Waals surface area contributed by atoms with Crippen LogP contribution in [0.25, 0.3) is 0 Å². The molecule has 0 atom stereocenters. The van der Waals surface area contributed by atoms with Gasteiger partial charge in [0.05, 0.1) is 16.6 Å². The predicted octanol–water partition coefficient (Wildman–Crippen LogP) is 3.08. The molecule has 4 heteroatoms. The van der Waals surface area contributed by atoms with Crippen LogP contribution in [0.2, 0.25) is 0 Å². The van der Waals surface area contributed by atoms with Gasteiger partial charge in [-0.15, -0.1) is 0 Å². The topological polar surface area (TPSA) is 52.4 Å². The van der Waals surface area contributed by atoms with Crippen LogP contribution in [0.1, 0.15) is 11.1 Å². The molecule has 0 fully saturated rings. The molecule has 0 bridgehead atoms. The molecule has 0 aliphatic carbocycles. The van der Waals surface area contributed by atoms with E-state index < -0.39 is 4.92 Å². The zero-order valence-corrected chi connectivity index (χ0v) is 9.84. The Morgan fingerprint density at radius 2 is 1.89 bits per heavy atom. The highest BCUT2D eigenvalue weighted by Gasteiger charge is 2.12. The molecule has 0 aliphatic rings. The fourth-order valence-electron chi connectivity index (χ4n) is 1.49. The summed E-state index contributed by atoms with van der Waals surface area (Å²) in [4.78, 5) is 10.3. The minimum Gasteiger partial charge on any atom is -0.489 e. The maximum atomic E-state index is 10.8. The highest BCUT2D eigenvalue weighted by molar-refractivity contribution is 5.37. The Balaban J connectivity index is 2.10. The molecule has 4 nitrogen and oxygen atoms in total. The Kier molecular flexibility index (Phi) is 3.44. The van der Waals surface area contributed by atoms with Crippen LogP contribution >= 0.6 is 0 Å². The van der Waals surface area contributed by atoms with Crippen LogP contribution in [0, 0.1) is 29.2 Å². The third-order valence-corrected chi connectivity index (χ3v) is 2.48. The number of rotatable bonds is 4. The standard InChI is InChI=1S/C14H11NO3/c1-11-6-8-13(9-7-11)18-10-12-4-2-3-5-14(12)15(16)17/h4-9H,10H2,1H3. The molecular formula is C14H11NO3. The van der Waals surface area contributed by atoms with Crippen LogP contribution in [0.4, 0.5) is 5.69 Å². The second-order valence-corrected chi connectivity index (χ2v) is 3.85. The molecule has 0 heterocycles. The Bertz CT molecular complexity index is 549. The molecule has 0 amide bonds. The normalized spacial score (nSPS) is 9.61. The smallest absolute Gasteiger partial charge is 0.284 e. The van der Waals surface area contributed by atoms with E-state index in [0.717, 1.165) is 5.56 Å². The summed E-state index contributed by atoms with van der Waals surface area (Å²) >= 11 is 0. The van der Waals surface area contributed by atoms with Gasteiger partial charge in [0.15, 0.2) is 0 Å². The summed E-state index contributed by atoms with van der Waals surface area (Å²) in [6, 6.07) is 15.6. The van der Waals surface area contributed by atoms with Gasteiger partial charge in [-0.3, -0.25) is 10.1 Å². The van der Waals surface area contributed by atoms with Crippen molar-refractivity contribution in [2.75, 3.05) is 0 Å². The summed E-state index contributed by atoms with van der Waals surface area (Å²) in [5.41, 5.74) is 1.62. The highest BCUT2D eigenvalue weighted by Crippen LogP contribution is 2.19.